The van der Waals surface area contributed by atoms with Crippen LogP contribution in [0.3, 0.4) is 0 Å². The predicted octanol–water partition coefficient (Wildman–Crippen LogP) is 1.01. The molecule has 0 spiro atoms. The summed E-state index contributed by atoms with van der Waals surface area (Å²) >= 11 is 0. The lowest BCUT2D eigenvalue weighted by atomic mass is 10.1. The average Bonchev–Trinajstić information content (AvgIpc) is 2.43. The minimum Gasteiger partial charge on any atom is -0.409 e. The normalized spacial score (nSPS) is 25.0. The molecule has 2 heterocycles. The Balaban J connectivity index is 2.39. The molecule has 20 heavy (non-hydrogen) atoms. The summed E-state index contributed by atoms with van der Waals surface area (Å²) in [5.41, 5.74) is 7.38. The standard InChI is InChI=1S/C14H23N5O/c1-9-5-6-12(13(15)17-20)14(16-9)19-7-10(2)18(4)11(3)8-19/h5-6,10-11,20H,7-8H2,1-4H3,(H2,15,17). The van der Waals surface area contributed by atoms with Crippen molar-refractivity contribution in [2.45, 2.75) is 32.9 Å². The summed E-state index contributed by atoms with van der Waals surface area (Å²) in [5, 5.41) is 12.0. The molecule has 2 rings (SSSR count). The summed E-state index contributed by atoms with van der Waals surface area (Å²) in [6, 6.07) is 4.60. The summed E-state index contributed by atoms with van der Waals surface area (Å²) in [4.78, 5) is 9.17. The molecular formula is C14H23N5O. The van der Waals surface area contributed by atoms with Crippen LogP contribution in [-0.2, 0) is 0 Å². The smallest absolute Gasteiger partial charge is 0.173 e. The van der Waals surface area contributed by atoms with Crippen molar-refractivity contribution < 1.29 is 5.21 Å². The number of piperazine rings is 1. The molecule has 3 N–H and O–H groups in total. The number of pyridine rings is 1. The van der Waals surface area contributed by atoms with E-state index in [9.17, 15) is 0 Å². The molecule has 0 amide bonds. The number of aromatic nitrogens is 1. The first kappa shape index (κ1) is 14.6. The minimum absolute atomic E-state index is 0.103. The third-order valence-corrected chi connectivity index (χ3v) is 4.06. The Morgan fingerprint density at radius 1 is 1.35 bits per heavy atom. The van der Waals surface area contributed by atoms with E-state index in [1.807, 2.05) is 19.1 Å². The van der Waals surface area contributed by atoms with Gasteiger partial charge in [-0.25, -0.2) is 4.98 Å². The van der Waals surface area contributed by atoms with Gasteiger partial charge in [0.1, 0.15) is 5.82 Å². The molecule has 1 aliphatic rings. The minimum atomic E-state index is 0.103. The van der Waals surface area contributed by atoms with Crippen molar-refractivity contribution in [2.24, 2.45) is 10.9 Å². The Hall–Kier alpha value is -1.82. The van der Waals surface area contributed by atoms with E-state index in [0.717, 1.165) is 24.6 Å². The maximum atomic E-state index is 8.93. The van der Waals surface area contributed by atoms with Gasteiger partial charge in [0, 0.05) is 30.9 Å². The topological polar surface area (TPSA) is 78.0 Å². The number of anilines is 1. The Morgan fingerprint density at radius 3 is 2.50 bits per heavy atom. The van der Waals surface area contributed by atoms with Crippen LogP contribution in [-0.4, -0.2) is 53.1 Å². The second kappa shape index (κ2) is 5.66. The van der Waals surface area contributed by atoms with Crippen molar-refractivity contribution in [1.82, 2.24) is 9.88 Å². The van der Waals surface area contributed by atoms with Crippen molar-refractivity contribution in [3.63, 3.8) is 0 Å². The van der Waals surface area contributed by atoms with Crippen LogP contribution in [0.25, 0.3) is 0 Å². The van der Waals surface area contributed by atoms with Gasteiger partial charge in [0.05, 0.1) is 5.56 Å². The molecule has 1 aromatic rings. The first-order valence-corrected chi connectivity index (χ1v) is 6.86. The number of rotatable bonds is 2. The highest BCUT2D eigenvalue weighted by Crippen LogP contribution is 2.23. The third kappa shape index (κ3) is 2.70. The zero-order chi connectivity index (χ0) is 14.9. The zero-order valence-corrected chi connectivity index (χ0v) is 12.5. The molecule has 1 fully saturated rings. The molecule has 6 heteroatoms. The molecular weight excluding hydrogens is 254 g/mol. The fourth-order valence-electron chi connectivity index (χ4n) is 2.62. The number of oxime groups is 1. The lowest BCUT2D eigenvalue weighted by Crippen LogP contribution is -2.55. The predicted molar refractivity (Wildman–Crippen MR) is 80.4 cm³/mol. The number of nitrogens with two attached hydrogens (primary N) is 1. The first-order valence-electron chi connectivity index (χ1n) is 6.86. The third-order valence-electron chi connectivity index (χ3n) is 4.06. The van der Waals surface area contributed by atoms with Gasteiger partial charge in [-0.05, 0) is 40.0 Å². The highest BCUT2D eigenvalue weighted by atomic mass is 16.4. The van der Waals surface area contributed by atoms with Gasteiger partial charge in [-0.3, -0.25) is 4.90 Å². The van der Waals surface area contributed by atoms with Crippen LogP contribution in [0.4, 0.5) is 5.82 Å². The van der Waals surface area contributed by atoms with Crippen molar-refractivity contribution in [1.29, 1.82) is 0 Å². The molecule has 0 radical (unpaired) electrons. The van der Waals surface area contributed by atoms with E-state index in [-0.39, 0.29) is 5.84 Å². The maximum Gasteiger partial charge on any atom is 0.173 e. The quantitative estimate of drug-likeness (QED) is 0.365. The summed E-state index contributed by atoms with van der Waals surface area (Å²) in [6.07, 6.45) is 0. The fourth-order valence-corrected chi connectivity index (χ4v) is 2.62. The van der Waals surface area contributed by atoms with E-state index < -0.39 is 0 Å². The molecule has 6 nitrogen and oxygen atoms in total. The van der Waals surface area contributed by atoms with Gasteiger partial charge in [-0.1, -0.05) is 5.16 Å². The Bertz CT molecular complexity index is 504. The summed E-state index contributed by atoms with van der Waals surface area (Å²) in [6.45, 7) is 8.09. The van der Waals surface area contributed by atoms with E-state index >= 15 is 0 Å². The summed E-state index contributed by atoms with van der Waals surface area (Å²) in [7, 11) is 2.14. The van der Waals surface area contributed by atoms with Gasteiger partial charge in [-0.2, -0.15) is 0 Å². The van der Waals surface area contributed by atoms with E-state index in [0.29, 0.717) is 17.6 Å². The van der Waals surface area contributed by atoms with Crippen LogP contribution in [0.5, 0.6) is 0 Å². The lowest BCUT2D eigenvalue weighted by Gasteiger charge is -2.43. The number of nitrogens with zero attached hydrogens (tertiary/aromatic N) is 4. The van der Waals surface area contributed by atoms with Crippen LogP contribution in [0.15, 0.2) is 17.3 Å². The van der Waals surface area contributed by atoms with Gasteiger partial charge in [-0.15, -0.1) is 0 Å². The second-order valence-corrected chi connectivity index (χ2v) is 5.58. The largest absolute Gasteiger partial charge is 0.409 e. The molecule has 110 valence electrons. The summed E-state index contributed by atoms with van der Waals surface area (Å²) < 4.78 is 0. The van der Waals surface area contributed by atoms with Gasteiger partial charge in [0.25, 0.3) is 0 Å². The zero-order valence-electron chi connectivity index (χ0n) is 12.5. The molecule has 0 saturated carbocycles. The second-order valence-electron chi connectivity index (χ2n) is 5.58. The van der Waals surface area contributed by atoms with Crippen LogP contribution in [0.1, 0.15) is 25.1 Å². The number of hydrogen-bond donors (Lipinski definition) is 2. The van der Waals surface area contributed by atoms with Gasteiger partial charge >= 0.3 is 0 Å². The molecule has 1 aromatic heterocycles. The average molecular weight is 277 g/mol. The van der Waals surface area contributed by atoms with Crippen LogP contribution in [0, 0.1) is 6.92 Å². The number of amidine groups is 1. The van der Waals surface area contributed by atoms with Crippen LogP contribution < -0.4 is 10.6 Å². The number of likely N-dealkylation sites (N-methyl/N-ethyl adjacent to an activating group) is 1. The van der Waals surface area contributed by atoms with E-state index in [4.69, 9.17) is 10.9 Å². The van der Waals surface area contributed by atoms with Crippen molar-refractivity contribution in [3.8, 4) is 0 Å². The van der Waals surface area contributed by atoms with E-state index in [1.165, 1.54) is 0 Å². The lowest BCUT2D eigenvalue weighted by molar-refractivity contribution is 0.169. The fraction of sp³-hybridized carbons (Fsp3) is 0.571. The molecule has 0 bridgehead atoms. The molecule has 2 unspecified atom stereocenters. The van der Waals surface area contributed by atoms with Crippen molar-refractivity contribution >= 4 is 11.7 Å². The molecule has 2 atom stereocenters. The van der Waals surface area contributed by atoms with Crippen LogP contribution >= 0.6 is 0 Å². The Kier molecular flexibility index (Phi) is 4.13. The van der Waals surface area contributed by atoms with Crippen molar-refractivity contribution in [3.05, 3.63) is 23.4 Å². The molecule has 1 aliphatic heterocycles. The van der Waals surface area contributed by atoms with Gasteiger partial charge < -0.3 is 15.8 Å². The van der Waals surface area contributed by atoms with E-state index in [1.54, 1.807) is 0 Å². The maximum absolute atomic E-state index is 8.93. The van der Waals surface area contributed by atoms with Gasteiger partial charge in [0.2, 0.25) is 0 Å². The SMILES string of the molecule is Cc1ccc(/C(N)=N/O)c(N2CC(C)N(C)C(C)C2)n1. The number of hydrogen-bond acceptors (Lipinski definition) is 5. The first-order chi connectivity index (χ1) is 9.43. The van der Waals surface area contributed by atoms with Crippen molar-refractivity contribution in [2.75, 3.05) is 25.0 Å². The Labute approximate surface area is 119 Å². The van der Waals surface area contributed by atoms with E-state index in [2.05, 4.69) is 40.8 Å². The summed E-state index contributed by atoms with van der Waals surface area (Å²) in [5.74, 6) is 0.902. The Morgan fingerprint density at radius 2 is 1.95 bits per heavy atom. The molecule has 1 saturated heterocycles. The molecule has 0 aliphatic carbocycles. The van der Waals surface area contributed by atoms with Gasteiger partial charge in [0.15, 0.2) is 5.84 Å². The molecule has 0 aromatic carbocycles. The highest BCUT2D eigenvalue weighted by Gasteiger charge is 2.29. The highest BCUT2D eigenvalue weighted by molar-refractivity contribution is 6.01. The van der Waals surface area contributed by atoms with Crippen LogP contribution in [0.2, 0.25) is 0 Å². The number of aryl methyl sites for hydroxylation is 1. The monoisotopic (exact) mass is 277 g/mol.